The SMILES string of the molecule is Cc1ccc(NC(=O)c2ccc(CN3CC[C@@H](N(C)C)C3)c(C(F)(F)F)c2)cc1Nc1ncc(-c2cncnc2)cn1. The lowest BCUT2D eigenvalue weighted by Crippen LogP contribution is -2.31. The van der Waals surface area contributed by atoms with Gasteiger partial charge >= 0.3 is 6.18 Å². The van der Waals surface area contributed by atoms with E-state index in [1.54, 1.807) is 43.0 Å². The van der Waals surface area contributed by atoms with Crippen LogP contribution in [0.25, 0.3) is 11.1 Å². The minimum atomic E-state index is -4.59. The number of benzene rings is 2. The van der Waals surface area contributed by atoms with Gasteiger partial charge in [0.1, 0.15) is 6.33 Å². The standard InChI is InChI=1S/C30H31F3N8O/c1-19-4-7-24(11-27(19)39-29-36-14-23(15-37-29)22-12-34-18-35-13-22)38-28(42)20-5-6-21(26(10-20)30(31,32)33)16-41-9-8-25(17-41)40(2)3/h4-7,10-15,18,25H,8-9,16-17H2,1-3H3,(H,38,42)(H,36,37,39)/t25-/m1/s1. The molecule has 0 spiro atoms. The van der Waals surface area contributed by atoms with Crippen LogP contribution in [0.2, 0.25) is 0 Å². The zero-order valence-corrected chi connectivity index (χ0v) is 23.5. The topological polar surface area (TPSA) is 99.2 Å². The minimum absolute atomic E-state index is 0.0717. The molecule has 2 aromatic carbocycles. The molecule has 1 amide bonds. The summed E-state index contributed by atoms with van der Waals surface area (Å²) in [6, 6.07) is 9.26. The highest BCUT2D eigenvalue weighted by molar-refractivity contribution is 6.04. The first kappa shape index (κ1) is 29.1. The second kappa shape index (κ2) is 12.2. The van der Waals surface area contributed by atoms with Crippen molar-refractivity contribution < 1.29 is 18.0 Å². The highest BCUT2D eigenvalue weighted by Crippen LogP contribution is 2.34. The van der Waals surface area contributed by atoms with Crippen LogP contribution in [0.5, 0.6) is 0 Å². The monoisotopic (exact) mass is 576 g/mol. The first-order valence-corrected chi connectivity index (χ1v) is 13.4. The molecule has 1 aliphatic heterocycles. The van der Waals surface area contributed by atoms with Crippen molar-refractivity contribution in [2.24, 2.45) is 0 Å². The van der Waals surface area contributed by atoms with E-state index in [2.05, 4.69) is 35.5 Å². The molecular formula is C30H31F3N8O. The number of rotatable bonds is 8. The maximum Gasteiger partial charge on any atom is 0.416 e. The highest BCUT2D eigenvalue weighted by Gasteiger charge is 2.35. The van der Waals surface area contributed by atoms with Crippen LogP contribution in [0, 0.1) is 6.92 Å². The van der Waals surface area contributed by atoms with Crippen molar-refractivity contribution >= 4 is 23.2 Å². The number of amides is 1. The molecule has 9 nitrogen and oxygen atoms in total. The molecule has 1 atom stereocenters. The van der Waals surface area contributed by atoms with Gasteiger partial charge in [-0.2, -0.15) is 13.2 Å². The van der Waals surface area contributed by atoms with Gasteiger partial charge in [0.2, 0.25) is 5.95 Å². The summed E-state index contributed by atoms with van der Waals surface area (Å²) in [6.45, 7) is 3.48. The Kier molecular flexibility index (Phi) is 8.46. The van der Waals surface area contributed by atoms with Crippen molar-refractivity contribution in [2.45, 2.75) is 32.1 Å². The largest absolute Gasteiger partial charge is 0.416 e. The Morgan fingerprint density at radius 1 is 1.02 bits per heavy atom. The fourth-order valence-corrected chi connectivity index (χ4v) is 4.89. The fraction of sp³-hybridized carbons (Fsp3) is 0.300. The number of nitrogens with one attached hydrogen (secondary N) is 2. The van der Waals surface area contributed by atoms with Crippen LogP contribution in [0.3, 0.4) is 0 Å². The molecule has 2 aromatic heterocycles. The summed E-state index contributed by atoms with van der Waals surface area (Å²) in [4.78, 5) is 33.8. The zero-order chi connectivity index (χ0) is 29.9. The molecule has 0 bridgehead atoms. The second-order valence-electron chi connectivity index (χ2n) is 10.5. The van der Waals surface area contributed by atoms with E-state index in [1.807, 2.05) is 25.9 Å². The lowest BCUT2D eigenvalue weighted by molar-refractivity contribution is -0.138. The smallest absolute Gasteiger partial charge is 0.324 e. The van der Waals surface area contributed by atoms with E-state index in [-0.39, 0.29) is 17.7 Å². The summed E-state index contributed by atoms with van der Waals surface area (Å²) in [5.41, 5.74) is 2.73. The van der Waals surface area contributed by atoms with Gasteiger partial charge in [0.05, 0.1) is 5.56 Å². The van der Waals surface area contributed by atoms with E-state index in [1.165, 1.54) is 18.5 Å². The summed E-state index contributed by atoms with van der Waals surface area (Å²) >= 11 is 0. The van der Waals surface area contributed by atoms with Crippen molar-refractivity contribution in [1.82, 2.24) is 29.7 Å². The molecule has 42 heavy (non-hydrogen) atoms. The summed E-state index contributed by atoms with van der Waals surface area (Å²) < 4.78 is 42.1. The van der Waals surface area contributed by atoms with Crippen LogP contribution in [-0.4, -0.2) is 68.9 Å². The van der Waals surface area contributed by atoms with Gasteiger partial charge in [-0.05, 0) is 62.8 Å². The second-order valence-corrected chi connectivity index (χ2v) is 10.5. The number of alkyl halides is 3. The Morgan fingerprint density at radius 3 is 2.40 bits per heavy atom. The predicted molar refractivity (Wildman–Crippen MR) is 154 cm³/mol. The van der Waals surface area contributed by atoms with Gasteiger partial charge in [-0.25, -0.2) is 19.9 Å². The fourth-order valence-electron chi connectivity index (χ4n) is 4.89. The van der Waals surface area contributed by atoms with Gasteiger partial charge in [-0.1, -0.05) is 12.1 Å². The number of halogens is 3. The highest BCUT2D eigenvalue weighted by atomic mass is 19.4. The van der Waals surface area contributed by atoms with Gasteiger partial charge in [-0.15, -0.1) is 0 Å². The van der Waals surface area contributed by atoms with Crippen LogP contribution < -0.4 is 10.6 Å². The van der Waals surface area contributed by atoms with Gasteiger partial charge in [0.15, 0.2) is 0 Å². The van der Waals surface area contributed by atoms with Gasteiger partial charge in [0, 0.05) is 78.5 Å². The average Bonchev–Trinajstić information content (AvgIpc) is 3.44. The van der Waals surface area contributed by atoms with Crippen molar-refractivity contribution in [1.29, 1.82) is 0 Å². The molecule has 0 unspecified atom stereocenters. The van der Waals surface area contributed by atoms with Crippen molar-refractivity contribution in [3.63, 3.8) is 0 Å². The maximum atomic E-state index is 14.0. The number of carbonyl (C=O) groups is 1. The lowest BCUT2D eigenvalue weighted by atomic mass is 10.0. The number of carbonyl (C=O) groups excluding carboxylic acids is 1. The summed E-state index contributed by atoms with van der Waals surface area (Å²) in [6.07, 6.45) is 4.36. The Labute approximate surface area is 241 Å². The number of hydrogen-bond acceptors (Lipinski definition) is 8. The number of aryl methyl sites for hydroxylation is 1. The van der Waals surface area contributed by atoms with E-state index in [0.717, 1.165) is 35.7 Å². The number of nitrogens with zero attached hydrogens (tertiary/aromatic N) is 6. The first-order chi connectivity index (χ1) is 20.1. The van der Waals surface area contributed by atoms with Gasteiger partial charge in [0.25, 0.3) is 5.91 Å². The van der Waals surface area contributed by atoms with Crippen molar-refractivity contribution in [3.05, 3.63) is 89.8 Å². The normalized spacial score (nSPS) is 15.6. The number of likely N-dealkylation sites (N-methyl/N-ethyl adjacent to an activating group) is 1. The number of likely N-dealkylation sites (tertiary alicyclic amines) is 1. The molecule has 0 radical (unpaired) electrons. The van der Waals surface area contributed by atoms with Gasteiger partial charge in [-0.3, -0.25) is 9.69 Å². The molecule has 1 aliphatic rings. The minimum Gasteiger partial charge on any atom is -0.324 e. The third-order valence-corrected chi connectivity index (χ3v) is 7.34. The van der Waals surface area contributed by atoms with E-state index >= 15 is 0 Å². The van der Waals surface area contributed by atoms with E-state index in [4.69, 9.17) is 0 Å². The Bertz CT molecular complexity index is 1540. The number of aromatic nitrogens is 4. The van der Waals surface area contributed by atoms with Crippen molar-refractivity contribution in [3.8, 4) is 11.1 Å². The van der Waals surface area contributed by atoms with Crippen LogP contribution in [0.4, 0.5) is 30.5 Å². The molecule has 218 valence electrons. The molecule has 1 fully saturated rings. The van der Waals surface area contributed by atoms with Crippen LogP contribution in [0.1, 0.15) is 33.5 Å². The molecule has 0 saturated carbocycles. The first-order valence-electron chi connectivity index (χ1n) is 13.4. The third-order valence-electron chi connectivity index (χ3n) is 7.34. The predicted octanol–water partition coefficient (Wildman–Crippen LogP) is 5.39. The number of hydrogen-bond donors (Lipinski definition) is 2. The van der Waals surface area contributed by atoms with Crippen LogP contribution >= 0.6 is 0 Å². The number of anilines is 3. The molecule has 0 aliphatic carbocycles. The molecule has 4 aromatic rings. The Hall–Kier alpha value is -4.42. The zero-order valence-electron chi connectivity index (χ0n) is 23.5. The van der Waals surface area contributed by atoms with Crippen LogP contribution in [0.15, 0.2) is 67.5 Å². The molecule has 2 N–H and O–H groups in total. The summed E-state index contributed by atoms with van der Waals surface area (Å²) in [5.74, 6) is -0.302. The quantitative estimate of drug-likeness (QED) is 0.288. The van der Waals surface area contributed by atoms with Gasteiger partial charge < -0.3 is 15.5 Å². The Morgan fingerprint density at radius 2 is 1.74 bits per heavy atom. The molecular weight excluding hydrogens is 545 g/mol. The van der Waals surface area contributed by atoms with Crippen LogP contribution in [-0.2, 0) is 12.7 Å². The average molecular weight is 577 g/mol. The third kappa shape index (κ3) is 6.89. The molecule has 12 heteroatoms. The van der Waals surface area contributed by atoms with Crippen molar-refractivity contribution in [2.75, 3.05) is 37.8 Å². The molecule has 3 heterocycles. The lowest BCUT2D eigenvalue weighted by Gasteiger charge is -2.22. The molecule has 5 rings (SSSR count). The molecule has 1 saturated heterocycles. The van der Waals surface area contributed by atoms with E-state index < -0.39 is 17.6 Å². The van der Waals surface area contributed by atoms with E-state index in [9.17, 15) is 18.0 Å². The maximum absolute atomic E-state index is 14.0. The summed E-state index contributed by atoms with van der Waals surface area (Å²) in [5, 5.41) is 5.84. The Balaban J connectivity index is 1.29. The van der Waals surface area contributed by atoms with E-state index in [0.29, 0.717) is 29.9 Å². The summed E-state index contributed by atoms with van der Waals surface area (Å²) in [7, 11) is 3.95.